The van der Waals surface area contributed by atoms with Crippen LogP contribution in [-0.4, -0.2) is 48.8 Å². The third kappa shape index (κ3) is 4.28. The number of fused-ring (bicyclic) bond motifs is 1. The summed E-state index contributed by atoms with van der Waals surface area (Å²) in [5.41, 5.74) is 0. The summed E-state index contributed by atoms with van der Waals surface area (Å²) >= 11 is 0. The van der Waals surface area contributed by atoms with Crippen molar-refractivity contribution in [2.75, 3.05) is 26.2 Å². The average molecular weight is 358 g/mol. The van der Waals surface area contributed by atoms with Crippen molar-refractivity contribution < 1.29 is 14.4 Å². The van der Waals surface area contributed by atoms with E-state index in [4.69, 9.17) is 0 Å². The first-order valence-electron chi connectivity index (χ1n) is 8.99. The normalized spacial score (nSPS) is 29.8. The van der Waals surface area contributed by atoms with Crippen molar-refractivity contribution in [3.8, 4) is 0 Å². The molecule has 3 aliphatic rings. The molecule has 0 bridgehead atoms. The Hall–Kier alpha value is -1.14. The quantitative estimate of drug-likeness (QED) is 0.722. The van der Waals surface area contributed by atoms with Crippen molar-refractivity contribution in [2.24, 2.45) is 17.8 Å². The molecule has 7 heteroatoms. The lowest BCUT2D eigenvalue weighted by atomic mass is 9.81. The summed E-state index contributed by atoms with van der Waals surface area (Å²) in [4.78, 5) is 37.9. The maximum absolute atomic E-state index is 12.3. The number of likely N-dealkylation sites (tertiary alicyclic amines) is 1. The van der Waals surface area contributed by atoms with Crippen molar-refractivity contribution in [1.29, 1.82) is 0 Å². The predicted octanol–water partition coefficient (Wildman–Crippen LogP) is 1.09. The van der Waals surface area contributed by atoms with E-state index in [9.17, 15) is 14.4 Å². The van der Waals surface area contributed by atoms with E-state index in [1.54, 1.807) is 0 Å². The van der Waals surface area contributed by atoms with Crippen LogP contribution in [0.15, 0.2) is 0 Å². The zero-order valence-electron chi connectivity index (χ0n) is 14.1. The Kier molecular flexibility index (Phi) is 7.04. The highest BCUT2D eigenvalue weighted by Crippen LogP contribution is 2.37. The van der Waals surface area contributed by atoms with Gasteiger partial charge in [0.2, 0.25) is 17.7 Å². The Morgan fingerprint density at radius 2 is 1.75 bits per heavy atom. The minimum absolute atomic E-state index is 0. The van der Waals surface area contributed by atoms with E-state index in [2.05, 4.69) is 10.6 Å². The lowest BCUT2D eigenvalue weighted by molar-refractivity contribution is -0.143. The molecule has 3 rings (SSSR count). The van der Waals surface area contributed by atoms with E-state index < -0.39 is 0 Å². The number of carbonyl (C=O) groups is 3. The third-order valence-corrected chi connectivity index (χ3v) is 5.51. The van der Waals surface area contributed by atoms with E-state index >= 15 is 0 Å². The van der Waals surface area contributed by atoms with Gasteiger partial charge in [0, 0.05) is 6.54 Å². The second kappa shape index (κ2) is 8.81. The zero-order chi connectivity index (χ0) is 16.2. The first-order chi connectivity index (χ1) is 11.2. The minimum atomic E-state index is -0.214. The molecular formula is C17H28ClN3O3. The van der Waals surface area contributed by atoms with Crippen LogP contribution in [0.3, 0.4) is 0 Å². The smallest absolute Gasteiger partial charge is 0.240 e. The zero-order valence-corrected chi connectivity index (χ0v) is 14.9. The van der Waals surface area contributed by atoms with Crippen LogP contribution in [0, 0.1) is 17.8 Å². The van der Waals surface area contributed by atoms with Crippen LogP contribution in [-0.2, 0) is 14.4 Å². The van der Waals surface area contributed by atoms with Gasteiger partial charge in [-0.25, -0.2) is 0 Å². The van der Waals surface area contributed by atoms with Gasteiger partial charge in [0.1, 0.15) is 6.54 Å². The Bertz CT molecular complexity index is 456. The summed E-state index contributed by atoms with van der Waals surface area (Å²) in [5.74, 6) is -0.205. The van der Waals surface area contributed by atoms with Crippen molar-refractivity contribution in [2.45, 2.75) is 44.9 Å². The van der Waals surface area contributed by atoms with Crippen molar-refractivity contribution in [3.63, 3.8) is 0 Å². The maximum atomic E-state index is 12.3. The Balaban J connectivity index is 0.00000208. The number of hydrogen-bond acceptors (Lipinski definition) is 4. The molecule has 2 saturated heterocycles. The molecule has 0 spiro atoms. The Morgan fingerprint density at radius 1 is 1.08 bits per heavy atom. The number of amides is 3. The fourth-order valence-electron chi connectivity index (χ4n) is 4.17. The molecule has 0 aromatic rings. The summed E-state index contributed by atoms with van der Waals surface area (Å²) in [7, 11) is 0. The number of imide groups is 1. The fourth-order valence-corrected chi connectivity index (χ4v) is 4.17. The van der Waals surface area contributed by atoms with Crippen LogP contribution in [0.4, 0.5) is 0 Å². The first kappa shape index (κ1) is 19.2. The highest BCUT2D eigenvalue weighted by atomic mass is 35.5. The standard InChI is InChI=1S/C17H27N3O3.ClH/c21-15(19-9-7-12-4-3-8-18-10-12)11-20-16(22)13-5-1-2-6-14(13)17(20)23;/h12-14,18H,1-11H2,(H,19,21);1H. The van der Waals surface area contributed by atoms with E-state index in [1.807, 2.05) is 0 Å². The third-order valence-electron chi connectivity index (χ3n) is 5.51. The van der Waals surface area contributed by atoms with Crippen molar-refractivity contribution in [3.05, 3.63) is 0 Å². The molecule has 0 aromatic carbocycles. The summed E-state index contributed by atoms with van der Waals surface area (Å²) in [6, 6.07) is 0. The second-order valence-electron chi connectivity index (χ2n) is 7.11. The van der Waals surface area contributed by atoms with Gasteiger partial charge in [0.25, 0.3) is 0 Å². The van der Waals surface area contributed by atoms with Crippen LogP contribution >= 0.6 is 12.4 Å². The van der Waals surface area contributed by atoms with Gasteiger partial charge in [-0.3, -0.25) is 19.3 Å². The predicted molar refractivity (Wildman–Crippen MR) is 92.6 cm³/mol. The Labute approximate surface area is 149 Å². The summed E-state index contributed by atoms with van der Waals surface area (Å²) < 4.78 is 0. The fraction of sp³-hybridized carbons (Fsp3) is 0.824. The Morgan fingerprint density at radius 3 is 2.33 bits per heavy atom. The molecule has 2 aliphatic heterocycles. The molecule has 3 fully saturated rings. The summed E-state index contributed by atoms with van der Waals surface area (Å²) in [6.07, 6.45) is 6.95. The van der Waals surface area contributed by atoms with Gasteiger partial charge in [-0.15, -0.1) is 12.4 Å². The van der Waals surface area contributed by atoms with Crippen LogP contribution in [0.25, 0.3) is 0 Å². The number of hydrogen-bond donors (Lipinski definition) is 2. The topological polar surface area (TPSA) is 78.5 Å². The van der Waals surface area contributed by atoms with E-state index in [0.29, 0.717) is 12.5 Å². The molecule has 24 heavy (non-hydrogen) atoms. The molecule has 3 unspecified atom stereocenters. The number of rotatable bonds is 5. The molecule has 3 amide bonds. The summed E-state index contributed by atoms with van der Waals surface area (Å²) in [5, 5.41) is 6.23. The molecule has 2 N–H and O–H groups in total. The number of halogens is 1. The second-order valence-corrected chi connectivity index (χ2v) is 7.11. The van der Waals surface area contributed by atoms with E-state index in [1.165, 1.54) is 17.7 Å². The van der Waals surface area contributed by atoms with Gasteiger partial charge in [-0.05, 0) is 51.1 Å². The molecule has 0 radical (unpaired) electrons. The van der Waals surface area contributed by atoms with Gasteiger partial charge in [0.05, 0.1) is 11.8 Å². The average Bonchev–Trinajstić information content (AvgIpc) is 2.81. The summed E-state index contributed by atoms with van der Waals surface area (Å²) in [6.45, 7) is 2.62. The van der Waals surface area contributed by atoms with Crippen molar-refractivity contribution in [1.82, 2.24) is 15.5 Å². The largest absolute Gasteiger partial charge is 0.355 e. The molecule has 3 atom stereocenters. The van der Waals surface area contributed by atoms with Gasteiger partial charge in [0.15, 0.2) is 0 Å². The van der Waals surface area contributed by atoms with E-state index in [0.717, 1.165) is 45.2 Å². The number of nitrogens with one attached hydrogen (secondary N) is 2. The molecule has 1 saturated carbocycles. The van der Waals surface area contributed by atoms with Gasteiger partial charge >= 0.3 is 0 Å². The lowest BCUT2D eigenvalue weighted by Crippen LogP contribution is -2.42. The van der Waals surface area contributed by atoms with Crippen LogP contribution < -0.4 is 10.6 Å². The van der Waals surface area contributed by atoms with Crippen molar-refractivity contribution >= 4 is 30.1 Å². The van der Waals surface area contributed by atoms with Crippen LogP contribution in [0.2, 0.25) is 0 Å². The highest BCUT2D eigenvalue weighted by molar-refractivity contribution is 6.07. The van der Waals surface area contributed by atoms with Crippen LogP contribution in [0.5, 0.6) is 0 Å². The lowest BCUT2D eigenvalue weighted by Gasteiger charge is -2.22. The highest BCUT2D eigenvalue weighted by Gasteiger charge is 2.48. The molecular weight excluding hydrogens is 330 g/mol. The number of nitrogens with zero attached hydrogens (tertiary/aromatic N) is 1. The molecule has 1 aliphatic carbocycles. The van der Waals surface area contributed by atoms with Crippen LogP contribution in [0.1, 0.15) is 44.9 Å². The maximum Gasteiger partial charge on any atom is 0.240 e. The molecule has 0 aromatic heterocycles. The monoisotopic (exact) mass is 357 g/mol. The van der Waals surface area contributed by atoms with Gasteiger partial charge < -0.3 is 10.6 Å². The molecule has 136 valence electrons. The SMILES string of the molecule is Cl.O=C(CN1C(=O)C2CCCCC2C1=O)NCCC1CCCNC1. The number of piperidine rings is 1. The number of carbonyl (C=O) groups excluding carboxylic acids is 3. The van der Waals surface area contributed by atoms with Gasteiger partial charge in [-0.1, -0.05) is 12.8 Å². The first-order valence-corrected chi connectivity index (χ1v) is 8.99. The molecule has 2 heterocycles. The minimum Gasteiger partial charge on any atom is -0.355 e. The molecule has 6 nitrogen and oxygen atoms in total. The van der Waals surface area contributed by atoms with Gasteiger partial charge in [-0.2, -0.15) is 0 Å². The van der Waals surface area contributed by atoms with E-state index in [-0.39, 0.29) is 48.5 Å².